The lowest BCUT2D eigenvalue weighted by atomic mass is 10.1. The summed E-state index contributed by atoms with van der Waals surface area (Å²) in [6.45, 7) is 5.47. The number of carbonyl (C=O) groups is 2. The normalized spacial score (nSPS) is 11.7. The maximum absolute atomic E-state index is 12.8. The fourth-order valence-electron chi connectivity index (χ4n) is 3.60. The van der Waals surface area contributed by atoms with E-state index in [4.69, 9.17) is 9.84 Å². The summed E-state index contributed by atoms with van der Waals surface area (Å²) < 4.78 is 9.10. The molecule has 0 saturated heterocycles. The van der Waals surface area contributed by atoms with Crippen molar-refractivity contribution in [2.24, 2.45) is 0 Å². The summed E-state index contributed by atoms with van der Waals surface area (Å²) in [7, 11) is 0. The number of carboxylic acid groups (broad SMARTS) is 1. The van der Waals surface area contributed by atoms with E-state index in [1.54, 1.807) is 18.5 Å². The molecule has 174 valence electrons. The minimum Gasteiger partial charge on any atom is -0.476 e. The maximum Gasteiger partial charge on any atom is 0.356 e. The Hall–Kier alpha value is -4.40. The fourth-order valence-corrected chi connectivity index (χ4v) is 3.60. The Morgan fingerprint density at radius 2 is 1.74 bits per heavy atom. The largest absolute Gasteiger partial charge is 0.476 e. The van der Waals surface area contributed by atoms with Gasteiger partial charge in [0, 0.05) is 11.8 Å². The van der Waals surface area contributed by atoms with E-state index in [1.807, 2.05) is 61.5 Å². The van der Waals surface area contributed by atoms with Crippen LogP contribution in [-0.4, -0.2) is 36.5 Å². The lowest BCUT2D eigenvalue weighted by molar-refractivity contribution is -0.119. The number of hydrogen-bond acceptors (Lipinski definition) is 5. The number of carbonyl (C=O) groups excluding carboxylic acids is 1. The topological polar surface area (TPSA) is 111 Å². The van der Waals surface area contributed by atoms with Gasteiger partial charge in [-0.25, -0.2) is 9.48 Å². The molecule has 1 atom stereocenters. The van der Waals surface area contributed by atoms with Crippen LogP contribution in [0.15, 0.2) is 66.9 Å². The summed E-state index contributed by atoms with van der Waals surface area (Å²) in [6, 6.07) is 18.4. The predicted octanol–water partition coefficient (Wildman–Crippen LogP) is 4.30. The number of nitrogens with one attached hydrogen (secondary N) is 1. The first-order valence-electron chi connectivity index (χ1n) is 10.8. The highest BCUT2D eigenvalue weighted by Gasteiger charge is 2.21. The number of ether oxygens (including phenoxy) is 1. The molecule has 0 radical (unpaired) electrons. The van der Waals surface area contributed by atoms with Crippen LogP contribution < -0.4 is 10.1 Å². The van der Waals surface area contributed by atoms with Gasteiger partial charge in [-0.3, -0.25) is 9.48 Å². The molecule has 0 aliphatic carbocycles. The van der Waals surface area contributed by atoms with Crippen molar-refractivity contribution >= 4 is 17.6 Å². The second kappa shape index (κ2) is 9.62. The molecule has 0 fully saturated rings. The van der Waals surface area contributed by atoms with Crippen LogP contribution in [0.2, 0.25) is 0 Å². The molecule has 1 amide bonds. The van der Waals surface area contributed by atoms with E-state index in [0.29, 0.717) is 11.4 Å². The molecular weight excluding hydrogens is 434 g/mol. The van der Waals surface area contributed by atoms with Crippen LogP contribution in [0.4, 0.5) is 5.69 Å². The van der Waals surface area contributed by atoms with Gasteiger partial charge in [-0.05, 0) is 38.5 Å². The summed E-state index contributed by atoms with van der Waals surface area (Å²) in [5.41, 5.74) is 3.88. The highest BCUT2D eigenvalue weighted by molar-refractivity contribution is 5.94. The molecule has 0 saturated carbocycles. The molecule has 0 spiro atoms. The standard InChI is InChI=1S/C25H25N5O4/c1-16-23(26-24(31)18(3)29-14-13-21(28-29)25(32)33)17(2)30(27-16)15-34-22-12-8-7-11-20(22)19-9-5-4-6-10-19/h4-14,18H,15H2,1-3H3,(H,26,31)(H,32,33). The van der Waals surface area contributed by atoms with Crippen molar-refractivity contribution in [3.8, 4) is 16.9 Å². The van der Waals surface area contributed by atoms with E-state index in [1.165, 1.54) is 16.9 Å². The Balaban J connectivity index is 1.48. The van der Waals surface area contributed by atoms with Crippen LogP contribution in [-0.2, 0) is 11.5 Å². The third-order valence-corrected chi connectivity index (χ3v) is 5.55. The predicted molar refractivity (Wildman–Crippen MR) is 127 cm³/mol. The number of carboxylic acids is 1. The molecule has 9 nitrogen and oxygen atoms in total. The zero-order valence-corrected chi connectivity index (χ0v) is 19.1. The van der Waals surface area contributed by atoms with Crippen molar-refractivity contribution in [3.63, 3.8) is 0 Å². The van der Waals surface area contributed by atoms with Crippen molar-refractivity contribution < 1.29 is 19.4 Å². The highest BCUT2D eigenvalue weighted by atomic mass is 16.5. The van der Waals surface area contributed by atoms with Gasteiger partial charge in [0.1, 0.15) is 11.8 Å². The summed E-state index contributed by atoms with van der Waals surface area (Å²) in [5, 5.41) is 20.4. The zero-order chi connectivity index (χ0) is 24.2. The van der Waals surface area contributed by atoms with Crippen molar-refractivity contribution in [1.29, 1.82) is 0 Å². The first-order valence-corrected chi connectivity index (χ1v) is 10.8. The number of aryl methyl sites for hydroxylation is 1. The lowest BCUT2D eigenvalue weighted by Crippen LogP contribution is -2.25. The molecule has 2 heterocycles. The Kier molecular flexibility index (Phi) is 6.44. The molecule has 2 aromatic heterocycles. The number of para-hydroxylation sites is 1. The Bertz CT molecular complexity index is 1330. The summed E-state index contributed by atoms with van der Waals surface area (Å²) >= 11 is 0. The van der Waals surface area contributed by atoms with Gasteiger partial charge >= 0.3 is 5.97 Å². The van der Waals surface area contributed by atoms with Gasteiger partial charge in [-0.1, -0.05) is 48.5 Å². The van der Waals surface area contributed by atoms with E-state index < -0.39 is 12.0 Å². The molecule has 0 bridgehead atoms. The maximum atomic E-state index is 12.8. The number of anilines is 1. The summed E-state index contributed by atoms with van der Waals surface area (Å²) in [4.78, 5) is 23.9. The average molecular weight is 460 g/mol. The smallest absolute Gasteiger partial charge is 0.356 e. The number of hydrogen-bond donors (Lipinski definition) is 2. The molecule has 4 rings (SSSR count). The first-order chi connectivity index (χ1) is 16.3. The fraction of sp³-hybridized carbons (Fsp3) is 0.200. The van der Waals surface area contributed by atoms with Crippen molar-refractivity contribution in [2.45, 2.75) is 33.5 Å². The molecule has 0 aliphatic heterocycles. The van der Waals surface area contributed by atoms with Gasteiger partial charge in [0.2, 0.25) is 5.91 Å². The van der Waals surface area contributed by atoms with E-state index in [0.717, 1.165) is 22.6 Å². The Morgan fingerprint density at radius 3 is 2.44 bits per heavy atom. The summed E-state index contributed by atoms with van der Waals surface area (Å²) in [5.74, 6) is -0.748. The van der Waals surface area contributed by atoms with Crippen molar-refractivity contribution in [3.05, 3.63) is 83.9 Å². The number of rotatable bonds is 8. The van der Waals surface area contributed by atoms with Gasteiger partial charge in [-0.2, -0.15) is 10.2 Å². The Labute approximate surface area is 196 Å². The molecule has 4 aromatic rings. The van der Waals surface area contributed by atoms with E-state index in [9.17, 15) is 9.59 Å². The number of benzene rings is 2. The zero-order valence-electron chi connectivity index (χ0n) is 19.1. The number of nitrogens with zero attached hydrogens (tertiary/aromatic N) is 4. The van der Waals surface area contributed by atoms with Gasteiger partial charge in [0.15, 0.2) is 12.4 Å². The lowest BCUT2D eigenvalue weighted by Gasteiger charge is -2.14. The summed E-state index contributed by atoms with van der Waals surface area (Å²) in [6.07, 6.45) is 1.47. The molecule has 9 heteroatoms. The molecule has 34 heavy (non-hydrogen) atoms. The van der Waals surface area contributed by atoms with Crippen LogP contribution in [0, 0.1) is 13.8 Å². The molecule has 1 unspecified atom stereocenters. The molecule has 2 N–H and O–H groups in total. The monoisotopic (exact) mass is 459 g/mol. The third-order valence-electron chi connectivity index (χ3n) is 5.55. The third kappa shape index (κ3) is 4.68. The minimum absolute atomic E-state index is 0.118. The molecular formula is C25H25N5O4. The average Bonchev–Trinajstić information content (AvgIpc) is 3.44. The molecule has 0 aliphatic rings. The van der Waals surface area contributed by atoms with Crippen LogP contribution in [0.5, 0.6) is 5.75 Å². The SMILES string of the molecule is Cc1nn(COc2ccccc2-c2ccccc2)c(C)c1NC(=O)C(C)n1ccc(C(=O)O)n1. The van der Waals surface area contributed by atoms with Gasteiger partial charge in [0.25, 0.3) is 0 Å². The number of aromatic nitrogens is 4. The van der Waals surface area contributed by atoms with Crippen molar-refractivity contribution in [1.82, 2.24) is 19.6 Å². The van der Waals surface area contributed by atoms with Crippen molar-refractivity contribution in [2.75, 3.05) is 5.32 Å². The second-order valence-electron chi connectivity index (χ2n) is 7.83. The van der Waals surface area contributed by atoms with Gasteiger partial charge in [0.05, 0.1) is 17.1 Å². The first kappa shape index (κ1) is 22.8. The van der Waals surface area contributed by atoms with Gasteiger partial charge in [-0.15, -0.1) is 0 Å². The van der Waals surface area contributed by atoms with Gasteiger partial charge < -0.3 is 15.2 Å². The van der Waals surface area contributed by atoms with Crippen LogP contribution in [0.1, 0.15) is 34.8 Å². The number of aromatic carboxylic acids is 1. The van der Waals surface area contributed by atoms with E-state index in [2.05, 4.69) is 15.5 Å². The second-order valence-corrected chi connectivity index (χ2v) is 7.83. The van der Waals surface area contributed by atoms with E-state index >= 15 is 0 Å². The quantitative estimate of drug-likeness (QED) is 0.406. The van der Waals surface area contributed by atoms with Crippen LogP contribution >= 0.6 is 0 Å². The van der Waals surface area contributed by atoms with Crippen LogP contribution in [0.3, 0.4) is 0 Å². The number of amides is 1. The highest BCUT2D eigenvalue weighted by Crippen LogP contribution is 2.30. The Morgan fingerprint density at radius 1 is 1.03 bits per heavy atom. The molecule has 2 aromatic carbocycles. The van der Waals surface area contributed by atoms with E-state index in [-0.39, 0.29) is 18.3 Å². The minimum atomic E-state index is -1.15. The van der Waals surface area contributed by atoms with Crippen LogP contribution in [0.25, 0.3) is 11.1 Å².